The normalized spacial score (nSPS) is 27.0. The molecule has 2 saturated heterocycles. The van der Waals surface area contributed by atoms with Gasteiger partial charge in [-0.15, -0.1) is 12.4 Å². The number of likely N-dealkylation sites (tertiary alicyclic amines) is 2. The zero-order valence-corrected chi connectivity index (χ0v) is 18.2. The predicted octanol–water partition coefficient (Wildman–Crippen LogP) is 2.11. The summed E-state index contributed by atoms with van der Waals surface area (Å²) in [6.45, 7) is 2.02. The van der Waals surface area contributed by atoms with E-state index in [9.17, 15) is 9.59 Å². The average molecular weight is 423 g/mol. The Kier molecular flexibility index (Phi) is 6.01. The van der Waals surface area contributed by atoms with Crippen LogP contribution in [0.3, 0.4) is 0 Å². The largest absolute Gasteiger partial charge is 0.497 e. The lowest BCUT2D eigenvalue weighted by molar-refractivity contribution is -0.139. The highest BCUT2D eigenvalue weighted by Gasteiger charge is 2.53. The summed E-state index contributed by atoms with van der Waals surface area (Å²) in [7, 11) is 5.21. The van der Waals surface area contributed by atoms with Gasteiger partial charge in [0.15, 0.2) is 0 Å². The molecule has 1 saturated carbocycles. The summed E-state index contributed by atoms with van der Waals surface area (Å²) in [6, 6.07) is 7.90. The predicted molar refractivity (Wildman–Crippen MR) is 113 cm³/mol. The van der Waals surface area contributed by atoms with Crippen molar-refractivity contribution in [3.05, 3.63) is 29.8 Å². The van der Waals surface area contributed by atoms with Crippen molar-refractivity contribution >= 4 is 24.3 Å². The molecule has 2 aliphatic heterocycles. The summed E-state index contributed by atoms with van der Waals surface area (Å²) in [5, 5.41) is 0. The first-order valence-electron chi connectivity index (χ1n) is 10.0. The molecule has 3 amide bonds. The average Bonchev–Trinajstić information content (AvgIpc) is 3.22. The number of urea groups is 1. The second kappa shape index (κ2) is 8.03. The van der Waals surface area contributed by atoms with E-state index in [1.807, 2.05) is 34.1 Å². The molecule has 0 aromatic heterocycles. The Morgan fingerprint density at radius 1 is 1.14 bits per heavy atom. The van der Waals surface area contributed by atoms with E-state index in [1.54, 1.807) is 26.1 Å². The lowest BCUT2D eigenvalue weighted by atomic mass is 9.76. The highest BCUT2D eigenvalue weighted by atomic mass is 35.5. The first-order chi connectivity index (χ1) is 13.3. The summed E-state index contributed by atoms with van der Waals surface area (Å²) < 4.78 is 5.28. The molecule has 160 valence electrons. The quantitative estimate of drug-likeness (QED) is 0.809. The Morgan fingerprint density at radius 3 is 2.31 bits per heavy atom. The van der Waals surface area contributed by atoms with Crippen LogP contribution in [0.1, 0.15) is 30.9 Å². The third kappa shape index (κ3) is 3.66. The minimum absolute atomic E-state index is 0. The van der Waals surface area contributed by atoms with Crippen molar-refractivity contribution in [3.8, 4) is 5.75 Å². The molecule has 1 aliphatic carbocycles. The maximum atomic E-state index is 12.9. The van der Waals surface area contributed by atoms with Crippen molar-refractivity contribution in [1.82, 2.24) is 14.7 Å². The van der Waals surface area contributed by atoms with E-state index in [4.69, 9.17) is 10.5 Å². The van der Waals surface area contributed by atoms with Crippen molar-refractivity contribution < 1.29 is 14.3 Å². The van der Waals surface area contributed by atoms with Gasteiger partial charge in [-0.05, 0) is 37.0 Å². The van der Waals surface area contributed by atoms with Crippen molar-refractivity contribution in [1.29, 1.82) is 0 Å². The number of amides is 3. The van der Waals surface area contributed by atoms with E-state index < -0.39 is 5.54 Å². The Labute approximate surface area is 178 Å². The number of carbonyl (C=O) groups excluding carboxylic acids is 2. The molecule has 3 aliphatic rings. The first kappa shape index (κ1) is 21.7. The Balaban J connectivity index is 0.00000240. The van der Waals surface area contributed by atoms with Crippen LogP contribution < -0.4 is 10.5 Å². The number of ether oxygens (including phenoxy) is 1. The van der Waals surface area contributed by atoms with Crippen LogP contribution in [0.5, 0.6) is 5.75 Å². The number of carbonyl (C=O) groups is 2. The molecule has 0 spiro atoms. The lowest BCUT2D eigenvalue weighted by Crippen LogP contribution is -2.59. The van der Waals surface area contributed by atoms with E-state index in [-0.39, 0.29) is 42.2 Å². The smallest absolute Gasteiger partial charge is 0.320 e. The fraction of sp³-hybridized carbons (Fsp3) is 0.619. The Bertz CT molecular complexity index is 766. The molecule has 2 heterocycles. The number of nitrogens with zero attached hydrogens (tertiary/aromatic N) is 3. The third-order valence-corrected chi connectivity index (χ3v) is 6.71. The number of fused-ring (bicyclic) bond motifs is 1. The molecule has 8 heteroatoms. The molecular weight excluding hydrogens is 392 g/mol. The molecular formula is C21H31ClN4O3. The molecule has 3 fully saturated rings. The molecule has 0 radical (unpaired) electrons. The van der Waals surface area contributed by atoms with E-state index in [2.05, 4.69) is 0 Å². The topological polar surface area (TPSA) is 79.1 Å². The van der Waals surface area contributed by atoms with E-state index in [1.165, 1.54) is 0 Å². The monoisotopic (exact) mass is 422 g/mol. The number of nitrogens with two attached hydrogens (primary N) is 1. The molecule has 29 heavy (non-hydrogen) atoms. The minimum Gasteiger partial charge on any atom is -0.497 e. The number of benzene rings is 1. The van der Waals surface area contributed by atoms with Crippen LogP contribution in [0.2, 0.25) is 0 Å². The van der Waals surface area contributed by atoms with E-state index >= 15 is 0 Å². The minimum atomic E-state index is -0.659. The fourth-order valence-electron chi connectivity index (χ4n) is 4.98. The lowest BCUT2D eigenvalue weighted by Gasteiger charge is -2.40. The maximum Gasteiger partial charge on any atom is 0.320 e. The van der Waals surface area contributed by atoms with Gasteiger partial charge >= 0.3 is 6.03 Å². The molecule has 7 nitrogen and oxygen atoms in total. The van der Waals surface area contributed by atoms with Crippen LogP contribution in [-0.2, 0) is 4.79 Å². The van der Waals surface area contributed by atoms with Gasteiger partial charge in [0.1, 0.15) is 5.75 Å². The van der Waals surface area contributed by atoms with Gasteiger partial charge in [0.05, 0.1) is 18.7 Å². The van der Waals surface area contributed by atoms with Crippen molar-refractivity contribution in [2.75, 3.05) is 40.8 Å². The van der Waals surface area contributed by atoms with Gasteiger partial charge in [0.2, 0.25) is 5.91 Å². The van der Waals surface area contributed by atoms with Gasteiger partial charge in [-0.25, -0.2) is 4.79 Å². The number of hydrogen-bond donors (Lipinski definition) is 1. The number of methoxy groups -OCH3 is 1. The summed E-state index contributed by atoms with van der Waals surface area (Å²) in [6.07, 6.45) is 2.60. The Hall–Kier alpha value is -1.99. The molecule has 1 aromatic rings. The first-order valence-corrected chi connectivity index (χ1v) is 10.0. The van der Waals surface area contributed by atoms with Gasteiger partial charge < -0.3 is 25.2 Å². The van der Waals surface area contributed by atoms with E-state index in [0.717, 1.165) is 30.6 Å². The summed E-state index contributed by atoms with van der Waals surface area (Å²) in [5.74, 6) is 1.39. The summed E-state index contributed by atoms with van der Waals surface area (Å²) in [5.41, 5.74) is 6.72. The summed E-state index contributed by atoms with van der Waals surface area (Å²) in [4.78, 5) is 31.3. The number of halogens is 1. The van der Waals surface area contributed by atoms with Crippen LogP contribution in [-0.4, -0.2) is 73.0 Å². The zero-order chi connectivity index (χ0) is 20.1. The van der Waals surface area contributed by atoms with Gasteiger partial charge in [-0.2, -0.15) is 0 Å². The maximum absolute atomic E-state index is 12.9. The van der Waals surface area contributed by atoms with Crippen molar-refractivity contribution in [2.45, 2.75) is 30.8 Å². The van der Waals surface area contributed by atoms with Gasteiger partial charge in [-0.3, -0.25) is 4.79 Å². The Morgan fingerprint density at radius 2 is 1.79 bits per heavy atom. The number of rotatable bonds is 3. The third-order valence-electron chi connectivity index (χ3n) is 6.71. The van der Waals surface area contributed by atoms with Crippen LogP contribution in [0.25, 0.3) is 0 Å². The second-order valence-corrected chi connectivity index (χ2v) is 8.69. The van der Waals surface area contributed by atoms with Crippen LogP contribution in [0.15, 0.2) is 24.3 Å². The van der Waals surface area contributed by atoms with E-state index in [0.29, 0.717) is 19.6 Å². The highest BCUT2D eigenvalue weighted by molar-refractivity contribution is 5.87. The molecule has 2 N–H and O–H groups in total. The van der Waals surface area contributed by atoms with Gasteiger partial charge in [-0.1, -0.05) is 12.1 Å². The van der Waals surface area contributed by atoms with Crippen molar-refractivity contribution in [3.63, 3.8) is 0 Å². The molecule has 0 unspecified atom stereocenters. The molecule has 3 atom stereocenters. The van der Waals surface area contributed by atoms with Gasteiger partial charge in [0, 0.05) is 45.6 Å². The molecule has 0 bridgehead atoms. The second-order valence-electron chi connectivity index (χ2n) is 8.69. The molecule has 1 aromatic carbocycles. The number of hydrogen-bond acceptors (Lipinski definition) is 4. The SMILES string of the molecule is COc1ccc([C@H]2[C@@H]3CN(C(=O)C4(N)CCC4)C[C@@H]3CN2C(=O)N(C)C)cc1.Cl. The van der Waals surface area contributed by atoms with Crippen LogP contribution >= 0.6 is 12.4 Å². The van der Waals surface area contributed by atoms with Crippen molar-refractivity contribution in [2.24, 2.45) is 17.6 Å². The molecule has 4 rings (SSSR count). The van der Waals surface area contributed by atoms with Crippen LogP contribution in [0, 0.1) is 11.8 Å². The fourth-order valence-corrected chi connectivity index (χ4v) is 4.98. The van der Waals surface area contributed by atoms with Gasteiger partial charge in [0.25, 0.3) is 0 Å². The standard InChI is InChI=1S/C21H30N4O3.ClH/c1-23(2)20(27)25-12-15-11-24(19(26)21(22)9-4-10-21)13-17(15)18(25)14-5-7-16(28-3)8-6-14;/h5-8,15,17-18H,4,9-13,22H2,1-3H3;1H/t15-,17-,18+;/m1./s1. The van der Waals surface area contributed by atoms with Crippen LogP contribution in [0.4, 0.5) is 4.79 Å². The summed E-state index contributed by atoms with van der Waals surface area (Å²) >= 11 is 0. The zero-order valence-electron chi connectivity index (χ0n) is 17.3. The highest BCUT2D eigenvalue weighted by Crippen LogP contribution is 2.46.